The lowest BCUT2D eigenvalue weighted by Crippen LogP contribution is -2.24. The second kappa shape index (κ2) is 5.16. The van der Waals surface area contributed by atoms with E-state index in [-0.39, 0.29) is 12.5 Å². The summed E-state index contributed by atoms with van der Waals surface area (Å²) in [5, 5.41) is 2.96. The molecular formula is C9H14F3N3. The molecule has 0 saturated heterocycles. The Bertz CT molecular complexity index is 269. The van der Waals surface area contributed by atoms with Crippen LogP contribution in [0.4, 0.5) is 13.2 Å². The largest absolute Gasteiger partial charge is 0.389 e. The van der Waals surface area contributed by atoms with Gasteiger partial charge in [0, 0.05) is 18.8 Å². The summed E-state index contributed by atoms with van der Waals surface area (Å²) in [5.41, 5.74) is 0. The molecule has 0 aliphatic carbocycles. The molecule has 0 fully saturated rings. The zero-order chi connectivity index (χ0) is 11.3. The van der Waals surface area contributed by atoms with Crippen molar-refractivity contribution in [2.75, 3.05) is 6.54 Å². The van der Waals surface area contributed by atoms with Crippen molar-refractivity contribution in [3.8, 4) is 0 Å². The molecule has 1 heterocycles. The van der Waals surface area contributed by atoms with Gasteiger partial charge in [0.05, 0.1) is 6.04 Å². The van der Waals surface area contributed by atoms with E-state index in [1.54, 1.807) is 6.20 Å². The van der Waals surface area contributed by atoms with E-state index in [0.29, 0.717) is 12.4 Å². The Kier molecular flexibility index (Phi) is 4.14. The molecule has 3 nitrogen and oxygen atoms in total. The topological polar surface area (TPSA) is 40.7 Å². The number of imidazole rings is 1. The highest BCUT2D eigenvalue weighted by Crippen LogP contribution is 2.26. The van der Waals surface area contributed by atoms with Crippen molar-refractivity contribution in [2.24, 2.45) is 0 Å². The summed E-state index contributed by atoms with van der Waals surface area (Å²) in [6.07, 6.45) is -1.77. The number of hydrogen-bond acceptors (Lipinski definition) is 2. The number of halogens is 3. The smallest absolute Gasteiger partial charge is 0.347 e. The number of alkyl halides is 3. The minimum absolute atomic E-state index is 0.00481. The maximum Gasteiger partial charge on any atom is 0.389 e. The highest BCUT2D eigenvalue weighted by molar-refractivity contribution is 4.95. The minimum atomic E-state index is -4.11. The molecule has 0 radical (unpaired) electrons. The van der Waals surface area contributed by atoms with Crippen LogP contribution in [0.2, 0.25) is 0 Å². The van der Waals surface area contributed by atoms with Gasteiger partial charge >= 0.3 is 6.18 Å². The standard InChI is InChI=1S/C9H14F3N3/c1-2-13-7(3-4-9(10,11)12)8-14-5-6-15-8/h5-7,13H,2-4H2,1H3,(H,14,15). The van der Waals surface area contributed by atoms with Crippen molar-refractivity contribution in [2.45, 2.75) is 32.0 Å². The third-order valence-electron chi connectivity index (χ3n) is 2.02. The van der Waals surface area contributed by atoms with Crippen LogP contribution in [-0.2, 0) is 0 Å². The summed E-state index contributed by atoms with van der Waals surface area (Å²) in [7, 11) is 0. The molecule has 0 aliphatic heterocycles. The first-order chi connectivity index (χ1) is 7.03. The first-order valence-electron chi connectivity index (χ1n) is 4.82. The van der Waals surface area contributed by atoms with Gasteiger partial charge in [0.1, 0.15) is 5.82 Å². The van der Waals surface area contributed by atoms with Gasteiger partial charge in [-0.25, -0.2) is 4.98 Å². The highest BCUT2D eigenvalue weighted by atomic mass is 19.4. The predicted molar refractivity (Wildman–Crippen MR) is 50.3 cm³/mol. The number of rotatable bonds is 5. The van der Waals surface area contributed by atoms with Gasteiger partial charge in [-0.15, -0.1) is 0 Å². The van der Waals surface area contributed by atoms with Crippen molar-refractivity contribution in [1.82, 2.24) is 15.3 Å². The van der Waals surface area contributed by atoms with E-state index in [2.05, 4.69) is 15.3 Å². The molecule has 1 atom stereocenters. The van der Waals surface area contributed by atoms with Crippen LogP contribution in [0.5, 0.6) is 0 Å². The predicted octanol–water partition coefficient (Wildman–Crippen LogP) is 2.40. The normalized spacial score (nSPS) is 14.1. The monoisotopic (exact) mass is 221 g/mol. The van der Waals surface area contributed by atoms with Gasteiger partial charge < -0.3 is 10.3 Å². The van der Waals surface area contributed by atoms with Crippen LogP contribution in [0, 0.1) is 0 Å². The Balaban J connectivity index is 2.52. The van der Waals surface area contributed by atoms with E-state index in [1.165, 1.54) is 6.20 Å². The molecule has 0 aromatic carbocycles. The van der Waals surface area contributed by atoms with Gasteiger partial charge in [0.2, 0.25) is 0 Å². The molecule has 0 aliphatic rings. The zero-order valence-electron chi connectivity index (χ0n) is 8.43. The van der Waals surface area contributed by atoms with E-state index < -0.39 is 12.6 Å². The zero-order valence-corrected chi connectivity index (χ0v) is 8.43. The molecule has 86 valence electrons. The summed E-state index contributed by atoms with van der Waals surface area (Å²) in [5.74, 6) is 0.557. The number of nitrogens with zero attached hydrogens (tertiary/aromatic N) is 1. The third-order valence-corrected chi connectivity index (χ3v) is 2.02. The molecule has 15 heavy (non-hydrogen) atoms. The van der Waals surface area contributed by atoms with E-state index in [4.69, 9.17) is 0 Å². The molecule has 0 bridgehead atoms. The number of aromatic amines is 1. The minimum Gasteiger partial charge on any atom is -0.347 e. The molecule has 6 heteroatoms. The summed E-state index contributed by atoms with van der Waals surface area (Å²) >= 11 is 0. The lowest BCUT2D eigenvalue weighted by Gasteiger charge is -2.16. The van der Waals surface area contributed by atoms with E-state index in [0.717, 1.165) is 0 Å². The maximum atomic E-state index is 12.0. The van der Waals surface area contributed by atoms with Gasteiger partial charge in [-0.1, -0.05) is 6.92 Å². The van der Waals surface area contributed by atoms with Gasteiger partial charge in [-0.05, 0) is 13.0 Å². The average molecular weight is 221 g/mol. The second-order valence-electron chi connectivity index (χ2n) is 3.24. The molecule has 0 saturated carbocycles. The third kappa shape index (κ3) is 4.33. The fourth-order valence-electron chi connectivity index (χ4n) is 1.36. The summed E-state index contributed by atoms with van der Waals surface area (Å²) in [6, 6.07) is -0.355. The van der Waals surface area contributed by atoms with Gasteiger partial charge in [0.15, 0.2) is 0 Å². The average Bonchev–Trinajstić information content (AvgIpc) is 2.63. The number of aromatic nitrogens is 2. The van der Waals surface area contributed by atoms with Crippen LogP contribution in [0.3, 0.4) is 0 Å². The number of hydrogen-bond donors (Lipinski definition) is 2. The Labute approximate surface area is 86.1 Å². The Morgan fingerprint density at radius 1 is 1.53 bits per heavy atom. The molecule has 0 spiro atoms. The van der Waals surface area contributed by atoms with Crippen LogP contribution in [0.1, 0.15) is 31.6 Å². The van der Waals surface area contributed by atoms with Crippen molar-refractivity contribution < 1.29 is 13.2 Å². The Morgan fingerprint density at radius 3 is 2.73 bits per heavy atom. The van der Waals surface area contributed by atoms with Crippen LogP contribution in [0.15, 0.2) is 12.4 Å². The molecule has 0 amide bonds. The molecule has 1 aromatic heterocycles. The Morgan fingerprint density at radius 2 is 2.27 bits per heavy atom. The second-order valence-corrected chi connectivity index (χ2v) is 3.24. The fourth-order valence-corrected chi connectivity index (χ4v) is 1.36. The first-order valence-corrected chi connectivity index (χ1v) is 4.82. The summed E-state index contributed by atoms with van der Waals surface area (Å²) in [6.45, 7) is 2.47. The number of nitrogens with one attached hydrogen (secondary N) is 2. The quantitative estimate of drug-likeness (QED) is 0.801. The van der Waals surface area contributed by atoms with Crippen molar-refractivity contribution >= 4 is 0 Å². The van der Waals surface area contributed by atoms with Crippen molar-refractivity contribution in [1.29, 1.82) is 0 Å². The van der Waals surface area contributed by atoms with Crippen LogP contribution < -0.4 is 5.32 Å². The lowest BCUT2D eigenvalue weighted by atomic mass is 10.1. The highest BCUT2D eigenvalue weighted by Gasteiger charge is 2.29. The summed E-state index contributed by atoms with van der Waals surface area (Å²) < 4.78 is 36.1. The van der Waals surface area contributed by atoms with E-state index in [9.17, 15) is 13.2 Å². The van der Waals surface area contributed by atoms with E-state index in [1.807, 2.05) is 6.92 Å². The number of H-pyrrole nitrogens is 1. The molecule has 2 N–H and O–H groups in total. The molecule has 1 aromatic rings. The maximum absolute atomic E-state index is 12.0. The van der Waals surface area contributed by atoms with Crippen LogP contribution >= 0.6 is 0 Å². The lowest BCUT2D eigenvalue weighted by molar-refractivity contribution is -0.136. The van der Waals surface area contributed by atoms with Gasteiger partial charge in [0.25, 0.3) is 0 Å². The van der Waals surface area contributed by atoms with E-state index >= 15 is 0 Å². The SMILES string of the molecule is CCNC(CCC(F)(F)F)c1ncc[nH]1. The van der Waals surface area contributed by atoms with Crippen LogP contribution in [-0.4, -0.2) is 22.7 Å². The van der Waals surface area contributed by atoms with Gasteiger partial charge in [-0.2, -0.15) is 13.2 Å². The molecule has 1 unspecified atom stereocenters. The first kappa shape index (κ1) is 12.0. The fraction of sp³-hybridized carbons (Fsp3) is 0.667. The molecular weight excluding hydrogens is 207 g/mol. The van der Waals surface area contributed by atoms with Crippen molar-refractivity contribution in [3.05, 3.63) is 18.2 Å². The van der Waals surface area contributed by atoms with Crippen molar-refractivity contribution in [3.63, 3.8) is 0 Å². The summed E-state index contributed by atoms with van der Waals surface area (Å²) in [4.78, 5) is 6.77. The Hall–Kier alpha value is -1.04. The van der Waals surface area contributed by atoms with Gasteiger partial charge in [-0.3, -0.25) is 0 Å². The molecule has 1 rings (SSSR count). The van der Waals surface area contributed by atoms with Crippen LogP contribution in [0.25, 0.3) is 0 Å².